The minimum atomic E-state index is -0.435. The Morgan fingerprint density at radius 2 is 1.69 bits per heavy atom. The molecule has 0 aliphatic carbocycles. The van der Waals surface area contributed by atoms with Gasteiger partial charge in [-0.25, -0.2) is 9.07 Å². The van der Waals surface area contributed by atoms with Crippen LogP contribution in [0, 0.1) is 5.82 Å². The van der Waals surface area contributed by atoms with Gasteiger partial charge < -0.3 is 10.6 Å². The number of hydrogen-bond donors (Lipinski definition) is 2. The number of carbonyl (C=O) groups excluding carboxylic acids is 2. The van der Waals surface area contributed by atoms with Crippen molar-refractivity contribution in [3.8, 4) is 16.9 Å². The second-order valence-electron chi connectivity index (χ2n) is 7.66. The maximum Gasteiger partial charge on any atom is 0.255 e. The molecule has 29 heavy (non-hydrogen) atoms. The molecule has 0 saturated carbocycles. The van der Waals surface area contributed by atoms with E-state index in [2.05, 4.69) is 15.7 Å². The Morgan fingerprint density at radius 1 is 1.03 bits per heavy atom. The van der Waals surface area contributed by atoms with Crippen LogP contribution >= 0.6 is 0 Å². The molecule has 2 N–H and O–H groups in total. The van der Waals surface area contributed by atoms with Gasteiger partial charge in [-0.1, -0.05) is 18.2 Å². The topological polar surface area (TPSA) is 76.0 Å². The van der Waals surface area contributed by atoms with Crippen LogP contribution in [0.2, 0.25) is 0 Å². The van der Waals surface area contributed by atoms with Crippen LogP contribution in [0.3, 0.4) is 0 Å². The first-order chi connectivity index (χ1) is 13.7. The Hall–Kier alpha value is -3.48. The van der Waals surface area contributed by atoms with Gasteiger partial charge in [0.05, 0.1) is 17.8 Å². The third-order valence-corrected chi connectivity index (χ3v) is 4.02. The van der Waals surface area contributed by atoms with Crippen LogP contribution < -0.4 is 10.6 Å². The Kier molecular flexibility index (Phi) is 5.77. The van der Waals surface area contributed by atoms with Gasteiger partial charge in [-0.15, -0.1) is 0 Å². The van der Waals surface area contributed by atoms with Crippen molar-refractivity contribution in [3.05, 3.63) is 72.2 Å². The van der Waals surface area contributed by atoms with Crippen LogP contribution in [-0.2, 0) is 4.79 Å². The Morgan fingerprint density at radius 3 is 2.31 bits per heavy atom. The Labute approximate surface area is 168 Å². The highest BCUT2D eigenvalue weighted by molar-refractivity contribution is 6.01. The molecular formula is C22H23FN4O2. The predicted octanol–water partition coefficient (Wildman–Crippen LogP) is 3.32. The molecule has 0 radical (unpaired) electrons. The molecule has 0 atom stereocenters. The summed E-state index contributed by atoms with van der Waals surface area (Å²) in [5, 5.41) is 9.94. The van der Waals surface area contributed by atoms with E-state index >= 15 is 0 Å². The molecule has 0 aliphatic rings. The molecule has 3 rings (SSSR count). The highest BCUT2D eigenvalue weighted by Gasteiger charge is 2.20. The Bertz CT molecular complexity index is 1010. The van der Waals surface area contributed by atoms with Gasteiger partial charge in [-0.05, 0) is 57.2 Å². The zero-order valence-corrected chi connectivity index (χ0v) is 16.6. The molecule has 2 amide bonds. The van der Waals surface area contributed by atoms with Gasteiger partial charge in [0.15, 0.2) is 0 Å². The van der Waals surface area contributed by atoms with E-state index in [-0.39, 0.29) is 23.8 Å². The van der Waals surface area contributed by atoms with Crippen LogP contribution in [0.1, 0.15) is 31.1 Å². The number of halogens is 1. The van der Waals surface area contributed by atoms with E-state index in [4.69, 9.17) is 0 Å². The summed E-state index contributed by atoms with van der Waals surface area (Å²) >= 11 is 0. The average molecular weight is 394 g/mol. The molecule has 0 aliphatic heterocycles. The van der Waals surface area contributed by atoms with E-state index in [1.54, 1.807) is 23.0 Å². The highest BCUT2D eigenvalue weighted by Crippen LogP contribution is 2.24. The zero-order valence-electron chi connectivity index (χ0n) is 16.6. The van der Waals surface area contributed by atoms with E-state index in [1.165, 1.54) is 12.1 Å². The first kappa shape index (κ1) is 20.3. The summed E-state index contributed by atoms with van der Waals surface area (Å²) < 4.78 is 14.9. The number of nitrogens with zero attached hydrogens (tertiary/aromatic N) is 2. The van der Waals surface area contributed by atoms with Gasteiger partial charge >= 0.3 is 0 Å². The molecule has 1 aromatic heterocycles. The fourth-order valence-electron chi connectivity index (χ4n) is 2.79. The molecule has 150 valence electrons. The summed E-state index contributed by atoms with van der Waals surface area (Å²) in [7, 11) is 0. The summed E-state index contributed by atoms with van der Waals surface area (Å²) in [5.74, 6) is -1.10. The molecule has 3 aromatic rings. The smallest absolute Gasteiger partial charge is 0.255 e. The molecule has 7 heteroatoms. The zero-order chi connectivity index (χ0) is 21.0. The van der Waals surface area contributed by atoms with Crippen molar-refractivity contribution in [1.29, 1.82) is 0 Å². The maximum absolute atomic E-state index is 13.3. The number of aromatic nitrogens is 2. The molecule has 0 saturated heterocycles. The lowest BCUT2D eigenvalue weighted by Crippen LogP contribution is -2.45. The van der Waals surface area contributed by atoms with Crippen molar-refractivity contribution in [1.82, 2.24) is 20.4 Å². The fourth-order valence-corrected chi connectivity index (χ4v) is 2.79. The van der Waals surface area contributed by atoms with Crippen molar-refractivity contribution < 1.29 is 14.0 Å². The fraction of sp³-hybridized carbons (Fsp3) is 0.227. The van der Waals surface area contributed by atoms with Gasteiger partial charge in [-0.2, -0.15) is 5.10 Å². The molecule has 6 nitrogen and oxygen atoms in total. The van der Waals surface area contributed by atoms with E-state index in [9.17, 15) is 14.0 Å². The summed E-state index contributed by atoms with van der Waals surface area (Å²) in [6.45, 7) is 5.44. The Balaban J connectivity index is 1.89. The van der Waals surface area contributed by atoms with Crippen LogP contribution in [0.4, 0.5) is 4.39 Å². The highest BCUT2D eigenvalue weighted by atomic mass is 19.1. The predicted molar refractivity (Wildman–Crippen MR) is 109 cm³/mol. The first-order valence-electron chi connectivity index (χ1n) is 9.23. The molecular weight excluding hydrogens is 371 g/mol. The standard InChI is InChI=1S/C22H23FN4O2/c1-22(2,3)25-19(28)13-24-21(29)18-14-27(17-7-5-4-6-8-17)26-20(18)15-9-11-16(23)12-10-15/h4-12,14H,13H2,1-3H3,(H,24,29)(H,25,28). The van der Waals surface area contributed by atoms with Gasteiger partial charge in [0.1, 0.15) is 11.5 Å². The van der Waals surface area contributed by atoms with E-state index < -0.39 is 5.91 Å². The van der Waals surface area contributed by atoms with Gasteiger partial charge in [0.25, 0.3) is 5.91 Å². The third kappa shape index (κ3) is 5.28. The monoisotopic (exact) mass is 394 g/mol. The molecule has 0 unspecified atom stereocenters. The second-order valence-corrected chi connectivity index (χ2v) is 7.66. The minimum absolute atomic E-state index is 0.157. The largest absolute Gasteiger partial charge is 0.350 e. The maximum atomic E-state index is 13.3. The number of benzene rings is 2. The van der Waals surface area contributed by atoms with Crippen molar-refractivity contribution in [2.75, 3.05) is 6.54 Å². The van der Waals surface area contributed by atoms with E-state index in [0.29, 0.717) is 16.8 Å². The van der Waals surface area contributed by atoms with Crippen LogP contribution in [0.15, 0.2) is 60.8 Å². The van der Waals surface area contributed by atoms with E-state index in [1.807, 2.05) is 51.1 Å². The number of rotatable bonds is 5. The third-order valence-electron chi connectivity index (χ3n) is 4.02. The second kappa shape index (κ2) is 8.26. The van der Waals surface area contributed by atoms with Gasteiger partial charge in [0, 0.05) is 17.3 Å². The molecule has 2 aromatic carbocycles. The number of nitrogens with one attached hydrogen (secondary N) is 2. The SMILES string of the molecule is CC(C)(C)NC(=O)CNC(=O)c1cn(-c2ccccc2)nc1-c1ccc(F)cc1. The lowest BCUT2D eigenvalue weighted by Gasteiger charge is -2.20. The molecule has 0 bridgehead atoms. The lowest BCUT2D eigenvalue weighted by molar-refractivity contribution is -0.121. The quantitative estimate of drug-likeness (QED) is 0.697. The number of para-hydroxylation sites is 1. The number of carbonyl (C=O) groups is 2. The van der Waals surface area contributed by atoms with Crippen LogP contribution in [-0.4, -0.2) is 33.7 Å². The average Bonchev–Trinajstić information content (AvgIpc) is 3.11. The summed E-state index contributed by atoms with van der Waals surface area (Å²) in [5.41, 5.74) is 1.69. The number of hydrogen-bond acceptors (Lipinski definition) is 3. The van der Waals surface area contributed by atoms with Crippen LogP contribution in [0.5, 0.6) is 0 Å². The number of amides is 2. The molecule has 0 fully saturated rings. The van der Waals surface area contributed by atoms with Crippen molar-refractivity contribution in [2.24, 2.45) is 0 Å². The normalized spacial score (nSPS) is 11.2. The van der Waals surface area contributed by atoms with Crippen molar-refractivity contribution >= 4 is 11.8 Å². The molecule has 1 heterocycles. The van der Waals surface area contributed by atoms with Gasteiger partial charge in [-0.3, -0.25) is 9.59 Å². The lowest BCUT2D eigenvalue weighted by atomic mass is 10.1. The summed E-state index contributed by atoms with van der Waals surface area (Å²) in [6, 6.07) is 15.1. The first-order valence-corrected chi connectivity index (χ1v) is 9.23. The summed E-state index contributed by atoms with van der Waals surface area (Å²) in [6.07, 6.45) is 1.60. The summed E-state index contributed by atoms with van der Waals surface area (Å²) in [4.78, 5) is 24.8. The minimum Gasteiger partial charge on any atom is -0.350 e. The van der Waals surface area contributed by atoms with Crippen molar-refractivity contribution in [2.45, 2.75) is 26.3 Å². The van der Waals surface area contributed by atoms with Crippen molar-refractivity contribution in [3.63, 3.8) is 0 Å². The van der Waals surface area contributed by atoms with E-state index in [0.717, 1.165) is 5.69 Å². The van der Waals surface area contributed by atoms with Gasteiger partial charge in [0.2, 0.25) is 5.91 Å². The van der Waals surface area contributed by atoms with Crippen LogP contribution in [0.25, 0.3) is 16.9 Å². The molecule has 0 spiro atoms.